The lowest BCUT2D eigenvalue weighted by Gasteiger charge is -2.33. The van der Waals surface area contributed by atoms with E-state index in [4.69, 9.17) is 22.3 Å². The van der Waals surface area contributed by atoms with Crippen LogP contribution >= 0.6 is 11.6 Å². The van der Waals surface area contributed by atoms with Gasteiger partial charge in [0.1, 0.15) is 29.3 Å². The van der Waals surface area contributed by atoms with Crippen molar-refractivity contribution in [3.63, 3.8) is 0 Å². The van der Waals surface area contributed by atoms with Gasteiger partial charge in [0.25, 0.3) is 5.56 Å². The van der Waals surface area contributed by atoms with Gasteiger partial charge >= 0.3 is 0 Å². The van der Waals surface area contributed by atoms with Crippen LogP contribution in [0.15, 0.2) is 41.6 Å². The van der Waals surface area contributed by atoms with Crippen LogP contribution in [0.2, 0.25) is 5.02 Å². The zero-order valence-electron chi connectivity index (χ0n) is 15.7. The number of aromatic nitrogens is 4. The number of rotatable bonds is 3. The molecule has 0 saturated carbocycles. The smallest absolute Gasteiger partial charge is 0.281 e. The topological polar surface area (TPSA) is 126 Å². The molecule has 0 spiro atoms. The molecule has 3 N–H and O–H groups in total. The number of benzene rings is 1. The lowest BCUT2D eigenvalue weighted by Crippen LogP contribution is -2.49. The number of halogens is 1. The Balaban J connectivity index is 2.14. The van der Waals surface area contributed by atoms with Gasteiger partial charge in [-0.25, -0.2) is 19.6 Å². The van der Waals surface area contributed by atoms with Gasteiger partial charge in [0.05, 0.1) is 21.6 Å². The summed E-state index contributed by atoms with van der Waals surface area (Å²) in [7, 11) is 3.45. The van der Waals surface area contributed by atoms with Crippen LogP contribution in [0.1, 0.15) is 23.5 Å². The standard InChI is InChI=1S/C19H17ClN8O/c1-27(2)28-17(29)14-12(20)5-3-6-13(14)26-18(28)19(7-4-8-25-19)15-11(9-21)16(22)24-10-23-15/h3-6,8,10,25H,7H2,1-2H3,(H2,22,23,24)/t19-/m0/s1. The fraction of sp³-hybridized carbons (Fsp3) is 0.211. The van der Waals surface area contributed by atoms with Crippen LogP contribution in [0.4, 0.5) is 5.82 Å². The fourth-order valence-corrected chi connectivity index (χ4v) is 3.83. The highest BCUT2D eigenvalue weighted by Gasteiger charge is 2.44. The summed E-state index contributed by atoms with van der Waals surface area (Å²) >= 11 is 6.29. The Labute approximate surface area is 171 Å². The second-order valence-electron chi connectivity index (χ2n) is 6.78. The van der Waals surface area contributed by atoms with Crippen molar-refractivity contribution in [2.24, 2.45) is 0 Å². The van der Waals surface area contributed by atoms with Gasteiger partial charge < -0.3 is 16.1 Å². The van der Waals surface area contributed by atoms with E-state index in [0.717, 1.165) is 0 Å². The maximum Gasteiger partial charge on any atom is 0.281 e. The van der Waals surface area contributed by atoms with E-state index in [1.54, 1.807) is 43.5 Å². The molecule has 3 aromatic rings. The molecule has 3 heterocycles. The molecule has 0 radical (unpaired) electrons. The summed E-state index contributed by atoms with van der Waals surface area (Å²) in [6.45, 7) is 0. The molecule has 0 fully saturated rings. The number of fused-ring (bicyclic) bond motifs is 1. The number of hydrogen-bond donors (Lipinski definition) is 2. The van der Waals surface area contributed by atoms with Gasteiger partial charge in [0, 0.05) is 20.5 Å². The monoisotopic (exact) mass is 408 g/mol. The van der Waals surface area contributed by atoms with Gasteiger partial charge in [-0.15, -0.1) is 0 Å². The Morgan fingerprint density at radius 3 is 2.83 bits per heavy atom. The number of nitrogens with one attached hydrogen (secondary N) is 1. The predicted molar refractivity (Wildman–Crippen MR) is 110 cm³/mol. The molecule has 10 heteroatoms. The molecular formula is C19H17ClN8O. The third-order valence-corrected chi connectivity index (χ3v) is 5.19. The maximum absolute atomic E-state index is 13.4. The van der Waals surface area contributed by atoms with Gasteiger partial charge in [-0.3, -0.25) is 4.79 Å². The second kappa shape index (κ2) is 6.76. The first-order valence-electron chi connectivity index (χ1n) is 8.74. The Morgan fingerprint density at radius 2 is 2.17 bits per heavy atom. The molecule has 4 rings (SSSR count). The molecule has 1 atom stereocenters. The van der Waals surface area contributed by atoms with Crippen LogP contribution in [0.5, 0.6) is 0 Å². The molecule has 0 amide bonds. The molecule has 146 valence electrons. The Bertz CT molecular complexity index is 1250. The van der Waals surface area contributed by atoms with Crippen molar-refractivity contribution < 1.29 is 0 Å². The van der Waals surface area contributed by atoms with E-state index in [2.05, 4.69) is 21.4 Å². The lowest BCUT2D eigenvalue weighted by atomic mass is 9.88. The second-order valence-corrected chi connectivity index (χ2v) is 7.19. The minimum atomic E-state index is -1.08. The summed E-state index contributed by atoms with van der Waals surface area (Å²) in [5.74, 6) is 0.426. The van der Waals surface area contributed by atoms with Crippen LogP contribution in [-0.4, -0.2) is 33.7 Å². The highest BCUT2D eigenvalue weighted by molar-refractivity contribution is 6.35. The van der Waals surface area contributed by atoms with E-state index < -0.39 is 5.54 Å². The van der Waals surface area contributed by atoms with E-state index >= 15 is 0 Å². The first-order valence-corrected chi connectivity index (χ1v) is 9.11. The summed E-state index contributed by atoms with van der Waals surface area (Å²) < 4.78 is 1.42. The molecule has 0 saturated heterocycles. The number of nitrogen functional groups attached to an aromatic ring is 1. The van der Waals surface area contributed by atoms with Crippen molar-refractivity contribution in [2.45, 2.75) is 12.0 Å². The molecular weight excluding hydrogens is 392 g/mol. The number of hydrogen-bond acceptors (Lipinski definition) is 8. The first-order chi connectivity index (χ1) is 13.9. The van der Waals surface area contributed by atoms with E-state index in [9.17, 15) is 10.1 Å². The van der Waals surface area contributed by atoms with Gasteiger partial charge in [-0.2, -0.15) is 5.26 Å². The van der Waals surface area contributed by atoms with E-state index in [1.807, 2.05) is 6.08 Å². The lowest BCUT2D eigenvalue weighted by molar-refractivity contribution is 0.414. The fourth-order valence-electron chi connectivity index (χ4n) is 3.58. The molecule has 29 heavy (non-hydrogen) atoms. The predicted octanol–water partition coefficient (Wildman–Crippen LogP) is 1.24. The first kappa shape index (κ1) is 18.7. The van der Waals surface area contributed by atoms with Crippen molar-refractivity contribution in [3.05, 3.63) is 69.3 Å². The van der Waals surface area contributed by atoms with Crippen molar-refractivity contribution in [2.75, 3.05) is 24.8 Å². The number of nitrogens with zero attached hydrogens (tertiary/aromatic N) is 6. The Morgan fingerprint density at radius 1 is 1.38 bits per heavy atom. The van der Waals surface area contributed by atoms with Crippen LogP contribution < -0.4 is 21.6 Å². The van der Waals surface area contributed by atoms with E-state index in [1.165, 1.54) is 11.0 Å². The van der Waals surface area contributed by atoms with Crippen molar-refractivity contribution in [3.8, 4) is 6.07 Å². The van der Waals surface area contributed by atoms with E-state index in [0.29, 0.717) is 33.9 Å². The third-order valence-electron chi connectivity index (χ3n) is 4.87. The summed E-state index contributed by atoms with van der Waals surface area (Å²) in [5.41, 5.74) is 5.46. The zero-order chi connectivity index (χ0) is 20.8. The van der Waals surface area contributed by atoms with Crippen molar-refractivity contribution >= 4 is 28.3 Å². The average molecular weight is 409 g/mol. The molecule has 0 unspecified atom stereocenters. The number of anilines is 1. The average Bonchev–Trinajstić information content (AvgIpc) is 3.18. The van der Waals surface area contributed by atoms with Crippen LogP contribution in [0.3, 0.4) is 0 Å². The quantitative estimate of drug-likeness (QED) is 0.663. The summed E-state index contributed by atoms with van der Waals surface area (Å²) in [6.07, 6.45) is 5.33. The zero-order valence-corrected chi connectivity index (χ0v) is 16.5. The van der Waals surface area contributed by atoms with Crippen LogP contribution in [0, 0.1) is 11.3 Å². The molecule has 1 aromatic carbocycles. The van der Waals surface area contributed by atoms with Gasteiger partial charge in [-0.1, -0.05) is 23.7 Å². The largest absolute Gasteiger partial charge is 0.382 e. The van der Waals surface area contributed by atoms with E-state index in [-0.39, 0.29) is 16.9 Å². The Kier molecular flexibility index (Phi) is 4.36. The number of nitrogens with two attached hydrogens (primary N) is 1. The summed E-state index contributed by atoms with van der Waals surface area (Å²) in [5, 5.41) is 15.2. The van der Waals surface area contributed by atoms with Crippen LogP contribution in [-0.2, 0) is 5.54 Å². The minimum absolute atomic E-state index is 0.0631. The van der Waals surface area contributed by atoms with Gasteiger partial charge in [-0.05, 0) is 18.3 Å². The minimum Gasteiger partial charge on any atom is -0.382 e. The molecule has 1 aliphatic heterocycles. The molecule has 0 bridgehead atoms. The highest BCUT2D eigenvalue weighted by Crippen LogP contribution is 2.37. The highest BCUT2D eigenvalue weighted by atomic mass is 35.5. The molecule has 2 aromatic heterocycles. The van der Waals surface area contributed by atoms with Gasteiger partial charge in [0.15, 0.2) is 5.82 Å². The maximum atomic E-state index is 13.4. The van der Waals surface area contributed by atoms with Crippen molar-refractivity contribution in [1.82, 2.24) is 24.9 Å². The number of nitriles is 1. The van der Waals surface area contributed by atoms with Crippen LogP contribution in [0.25, 0.3) is 10.9 Å². The SMILES string of the molecule is CN(C)n1c([C@@]2(c3ncnc(N)c3C#N)CC=CN2)nc2cccc(Cl)c2c1=O. The normalized spacial score (nSPS) is 17.9. The molecule has 1 aliphatic rings. The third kappa shape index (κ3) is 2.68. The van der Waals surface area contributed by atoms with Gasteiger partial charge in [0.2, 0.25) is 0 Å². The van der Waals surface area contributed by atoms with Crippen molar-refractivity contribution in [1.29, 1.82) is 5.26 Å². The molecule has 9 nitrogen and oxygen atoms in total. The Hall–Kier alpha value is -3.64. The summed E-state index contributed by atoms with van der Waals surface area (Å²) in [6, 6.07) is 7.18. The molecule has 0 aliphatic carbocycles. The summed E-state index contributed by atoms with van der Waals surface area (Å²) in [4.78, 5) is 26.4.